The molecule has 1 aliphatic rings. The molecule has 0 unspecified atom stereocenters. The number of fused-ring (bicyclic) bond motifs is 1. The van der Waals surface area contributed by atoms with Crippen molar-refractivity contribution in [3.05, 3.63) is 70.1 Å². The third kappa shape index (κ3) is 3.76. The molecule has 144 valence electrons. The predicted molar refractivity (Wildman–Crippen MR) is 111 cm³/mol. The van der Waals surface area contributed by atoms with Crippen LogP contribution in [-0.4, -0.2) is 15.8 Å². The highest BCUT2D eigenvalue weighted by molar-refractivity contribution is 5.90. The van der Waals surface area contributed by atoms with Gasteiger partial charge in [-0.3, -0.25) is 4.79 Å². The summed E-state index contributed by atoms with van der Waals surface area (Å²) in [6.07, 6.45) is 4.20. The van der Waals surface area contributed by atoms with Crippen molar-refractivity contribution in [2.75, 3.05) is 5.32 Å². The first-order valence-corrected chi connectivity index (χ1v) is 9.74. The van der Waals surface area contributed by atoms with Gasteiger partial charge in [-0.15, -0.1) is 0 Å². The third-order valence-corrected chi connectivity index (χ3v) is 5.27. The largest absolute Gasteiger partial charge is 0.332 e. The van der Waals surface area contributed by atoms with Crippen molar-refractivity contribution in [3.63, 3.8) is 0 Å². The Labute approximate surface area is 163 Å². The molecule has 0 bridgehead atoms. The van der Waals surface area contributed by atoms with E-state index >= 15 is 0 Å². The van der Waals surface area contributed by atoms with Crippen molar-refractivity contribution in [1.82, 2.24) is 15.1 Å². The van der Waals surface area contributed by atoms with Crippen LogP contribution >= 0.6 is 0 Å². The Kier molecular flexibility index (Phi) is 5.10. The number of aryl methyl sites for hydroxylation is 1. The van der Waals surface area contributed by atoms with Crippen LogP contribution in [-0.2, 0) is 6.54 Å². The van der Waals surface area contributed by atoms with E-state index in [4.69, 9.17) is 0 Å². The van der Waals surface area contributed by atoms with Gasteiger partial charge in [0, 0.05) is 11.1 Å². The first-order chi connectivity index (χ1) is 13.6. The van der Waals surface area contributed by atoms with Crippen LogP contribution in [0.15, 0.2) is 53.3 Å². The third-order valence-electron chi connectivity index (χ3n) is 5.27. The maximum Gasteiger partial charge on any atom is 0.319 e. The Morgan fingerprint density at radius 3 is 2.61 bits per heavy atom. The Hall–Kier alpha value is -3.15. The average Bonchev–Trinajstić information content (AvgIpc) is 3.22. The summed E-state index contributed by atoms with van der Waals surface area (Å²) >= 11 is 0. The standard InChI is InChI=1S/C22H24N4O2/c1-15-7-6-8-16(13-15)24-22(28)23-14-20-18-11-4-5-12-19(18)21(27)26(25-20)17-9-2-3-10-17/h4-8,11-13,17H,2-3,9-10,14H2,1H3,(H2,23,24,28). The number of anilines is 1. The molecule has 1 saturated carbocycles. The van der Waals surface area contributed by atoms with E-state index in [2.05, 4.69) is 15.7 Å². The van der Waals surface area contributed by atoms with Gasteiger partial charge < -0.3 is 10.6 Å². The number of carbonyl (C=O) groups excluding carboxylic acids is 1. The number of benzene rings is 2. The van der Waals surface area contributed by atoms with Gasteiger partial charge in [-0.1, -0.05) is 43.2 Å². The number of carbonyl (C=O) groups is 1. The number of nitrogens with one attached hydrogen (secondary N) is 2. The summed E-state index contributed by atoms with van der Waals surface area (Å²) in [7, 11) is 0. The maximum absolute atomic E-state index is 12.9. The number of hydrogen-bond donors (Lipinski definition) is 2. The number of hydrogen-bond acceptors (Lipinski definition) is 3. The second kappa shape index (κ2) is 7.84. The molecule has 1 aromatic heterocycles. The second-order valence-corrected chi connectivity index (χ2v) is 7.36. The molecule has 1 aliphatic carbocycles. The van der Waals surface area contributed by atoms with Crippen molar-refractivity contribution in [2.45, 2.75) is 45.2 Å². The van der Waals surface area contributed by atoms with Gasteiger partial charge in [-0.2, -0.15) is 5.10 Å². The van der Waals surface area contributed by atoms with E-state index in [9.17, 15) is 9.59 Å². The highest BCUT2D eigenvalue weighted by Crippen LogP contribution is 2.28. The van der Waals surface area contributed by atoms with E-state index in [1.54, 1.807) is 4.68 Å². The van der Waals surface area contributed by atoms with Gasteiger partial charge in [-0.25, -0.2) is 9.48 Å². The number of amides is 2. The summed E-state index contributed by atoms with van der Waals surface area (Å²) in [5, 5.41) is 11.8. The molecular formula is C22H24N4O2. The molecule has 3 aromatic rings. The quantitative estimate of drug-likeness (QED) is 0.718. The lowest BCUT2D eigenvalue weighted by Gasteiger charge is -2.16. The van der Waals surface area contributed by atoms with Gasteiger partial charge in [0.05, 0.1) is 23.7 Å². The minimum Gasteiger partial charge on any atom is -0.332 e. The molecule has 0 saturated heterocycles. The number of urea groups is 1. The molecular weight excluding hydrogens is 352 g/mol. The van der Waals surface area contributed by atoms with Crippen molar-refractivity contribution in [2.24, 2.45) is 0 Å². The minimum atomic E-state index is -0.296. The summed E-state index contributed by atoms with van der Waals surface area (Å²) in [5.41, 5.74) is 2.48. The lowest BCUT2D eigenvalue weighted by atomic mass is 10.1. The molecule has 2 N–H and O–H groups in total. The van der Waals surface area contributed by atoms with E-state index in [0.717, 1.165) is 42.3 Å². The van der Waals surface area contributed by atoms with Gasteiger partial charge in [0.15, 0.2) is 0 Å². The van der Waals surface area contributed by atoms with Crippen LogP contribution in [0.25, 0.3) is 10.8 Å². The van der Waals surface area contributed by atoms with Crippen LogP contribution in [0.1, 0.15) is 43.0 Å². The lowest BCUT2D eigenvalue weighted by Crippen LogP contribution is -2.32. The van der Waals surface area contributed by atoms with Crippen LogP contribution in [0, 0.1) is 6.92 Å². The van der Waals surface area contributed by atoms with E-state index in [-0.39, 0.29) is 24.2 Å². The topological polar surface area (TPSA) is 76.0 Å². The van der Waals surface area contributed by atoms with E-state index in [1.165, 1.54) is 0 Å². The van der Waals surface area contributed by atoms with Gasteiger partial charge in [-0.05, 0) is 43.5 Å². The fraction of sp³-hybridized carbons (Fsp3) is 0.318. The molecule has 28 heavy (non-hydrogen) atoms. The predicted octanol–water partition coefficient (Wildman–Crippen LogP) is 4.14. The Balaban J connectivity index is 1.58. The first kappa shape index (κ1) is 18.2. The van der Waals surface area contributed by atoms with Crippen LogP contribution in [0.3, 0.4) is 0 Å². The smallest absolute Gasteiger partial charge is 0.319 e. The Morgan fingerprint density at radius 1 is 1.11 bits per heavy atom. The molecule has 0 radical (unpaired) electrons. The van der Waals surface area contributed by atoms with Crippen LogP contribution in [0.2, 0.25) is 0 Å². The zero-order chi connectivity index (χ0) is 19.5. The number of rotatable bonds is 4. The molecule has 4 rings (SSSR count). The molecule has 2 aromatic carbocycles. The highest BCUT2D eigenvalue weighted by Gasteiger charge is 2.21. The monoisotopic (exact) mass is 376 g/mol. The zero-order valence-corrected chi connectivity index (χ0v) is 15.9. The van der Waals surface area contributed by atoms with Crippen LogP contribution in [0.4, 0.5) is 10.5 Å². The van der Waals surface area contributed by atoms with Crippen molar-refractivity contribution in [3.8, 4) is 0 Å². The number of nitrogens with zero attached hydrogens (tertiary/aromatic N) is 2. The first-order valence-electron chi connectivity index (χ1n) is 9.74. The van der Waals surface area contributed by atoms with Gasteiger partial charge in [0.25, 0.3) is 5.56 Å². The van der Waals surface area contributed by atoms with Crippen molar-refractivity contribution >= 4 is 22.5 Å². The van der Waals surface area contributed by atoms with E-state index in [0.29, 0.717) is 11.1 Å². The summed E-state index contributed by atoms with van der Waals surface area (Å²) < 4.78 is 1.63. The fourth-order valence-electron chi connectivity index (χ4n) is 3.86. The van der Waals surface area contributed by atoms with Crippen LogP contribution in [0.5, 0.6) is 0 Å². The number of aromatic nitrogens is 2. The van der Waals surface area contributed by atoms with Crippen LogP contribution < -0.4 is 16.2 Å². The fourth-order valence-corrected chi connectivity index (χ4v) is 3.86. The van der Waals surface area contributed by atoms with Gasteiger partial charge in [0.2, 0.25) is 0 Å². The Morgan fingerprint density at radius 2 is 1.86 bits per heavy atom. The summed E-state index contributed by atoms with van der Waals surface area (Å²) in [5.74, 6) is 0. The highest BCUT2D eigenvalue weighted by atomic mass is 16.2. The molecule has 1 heterocycles. The molecule has 2 amide bonds. The van der Waals surface area contributed by atoms with Crippen molar-refractivity contribution < 1.29 is 4.79 Å². The maximum atomic E-state index is 12.9. The second-order valence-electron chi connectivity index (χ2n) is 7.36. The summed E-state index contributed by atoms with van der Waals surface area (Å²) in [6.45, 7) is 2.23. The lowest BCUT2D eigenvalue weighted by molar-refractivity contribution is 0.251. The summed E-state index contributed by atoms with van der Waals surface area (Å²) in [4.78, 5) is 25.2. The van der Waals surface area contributed by atoms with Gasteiger partial charge in [0.1, 0.15) is 0 Å². The zero-order valence-electron chi connectivity index (χ0n) is 15.9. The van der Waals surface area contributed by atoms with E-state index < -0.39 is 0 Å². The summed E-state index contributed by atoms with van der Waals surface area (Å²) in [6, 6.07) is 15.0. The van der Waals surface area contributed by atoms with Crippen molar-refractivity contribution in [1.29, 1.82) is 0 Å². The molecule has 0 spiro atoms. The molecule has 6 heteroatoms. The molecule has 0 aliphatic heterocycles. The molecule has 0 atom stereocenters. The molecule has 6 nitrogen and oxygen atoms in total. The Bertz CT molecular complexity index is 1070. The van der Waals surface area contributed by atoms with Gasteiger partial charge >= 0.3 is 6.03 Å². The normalized spacial score (nSPS) is 14.3. The minimum absolute atomic E-state index is 0.0459. The molecule has 1 fully saturated rings. The van der Waals surface area contributed by atoms with E-state index in [1.807, 2.05) is 55.5 Å². The average molecular weight is 376 g/mol. The SMILES string of the molecule is Cc1cccc(NC(=O)NCc2nn(C3CCCC3)c(=O)c3ccccc23)c1.